The summed E-state index contributed by atoms with van der Waals surface area (Å²) in [5, 5.41) is 19.6. The lowest BCUT2D eigenvalue weighted by Crippen LogP contribution is -2.50. The number of aliphatic hydroxyl groups excluding tert-OH is 1. The van der Waals surface area contributed by atoms with E-state index in [4.69, 9.17) is 14.6 Å². The molecular formula is C25H35NO5. The van der Waals surface area contributed by atoms with Crippen LogP contribution in [0.2, 0.25) is 0 Å². The number of rotatable bonds is 11. The van der Waals surface area contributed by atoms with Gasteiger partial charge in [0.2, 0.25) is 0 Å². The lowest BCUT2D eigenvalue weighted by molar-refractivity contribution is -0.136. The van der Waals surface area contributed by atoms with Gasteiger partial charge in [-0.15, -0.1) is 0 Å². The molecular weight excluding hydrogens is 394 g/mol. The second kappa shape index (κ2) is 12.8. The summed E-state index contributed by atoms with van der Waals surface area (Å²) in [5.41, 5.74) is 1.15. The predicted octanol–water partition coefficient (Wildman–Crippen LogP) is 3.37. The SMILES string of the molecule is O=C(O)CCC=CCC[C@@H]1[C@@H](N2CCOCC2)[C@H](O)C[C@@H]1OCC=Cc1ccccc1. The highest BCUT2D eigenvalue weighted by Crippen LogP contribution is 2.36. The number of hydrogen-bond donors (Lipinski definition) is 2. The molecule has 31 heavy (non-hydrogen) atoms. The van der Waals surface area contributed by atoms with Crippen LogP contribution in [0.25, 0.3) is 6.08 Å². The normalized spacial score (nSPS) is 27.4. The molecule has 6 nitrogen and oxygen atoms in total. The van der Waals surface area contributed by atoms with Crippen molar-refractivity contribution >= 4 is 12.0 Å². The number of carboxylic acid groups (broad SMARTS) is 1. The molecule has 1 aliphatic heterocycles. The van der Waals surface area contributed by atoms with Crippen molar-refractivity contribution in [1.82, 2.24) is 4.90 Å². The van der Waals surface area contributed by atoms with Crippen LogP contribution in [0.4, 0.5) is 0 Å². The first-order valence-corrected chi connectivity index (χ1v) is 11.3. The fourth-order valence-corrected chi connectivity index (χ4v) is 4.65. The number of hydrogen-bond acceptors (Lipinski definition) is 5. The van der Waals surface area contributed by atoms with Crippen molar-refractivity contribution in [2.24, 2.45) is 5.92 Å². The van der Waals surface area contributed by atoms with E-state index in [0.717, 1.165) is 31.5 Å². The molecule has 1 aliphatic carbocycles. The zero-order valence-electron chi connectivity index (χ0n) is 18.1. The molecule has 1 heterocycles. The van der Waals surface area contributed by atoms with Crippen LogP contribution >= 0.6 is 0 Å². The highest BCUT2D eigenvalue weighted by Gasteiger charge is 2.45. The molecule has 0 amide bonds. The number of carboxylic acids is 1. The predicted molar refractivity (Wildman–Crippen MR) is 121 cm³/mol. The Bertz CT molecular complexity index is 714. The fraction of sp³-hybridized carbons (Fsp3) is 0.560. The van der Waals surface area contributed by atoms with Crippen molar-refractivity contribution in [2.75, 3.05) is 32.9 Å². The van der Waals surface area contributed by atoms with Gasteiger partial charge in [0.15, 0.2) is 0 Å². The van der Waals surface area contributed by atoms with Gasteiger partial charge in [-0.25, -0.2) is 0 Å². The van der Waals surface area contributed by atoms with E-state index < -0.39 is 12.1 Å². The molecule has 1 saturated heterocycles. The first-order valence-electron chi connectivity index (χ1n) is 11.3. The Labute approximate surface area is 185 Å². The first-order chi connectivity index (χ1) is 15.1. The summed E-state index contributed by atoms with van der Waals surface area (Å²) in [7, 11) is 0. The number of ether oxygens (including phenoxy) is 2. The van der Waals surface area contributed by atoms with Gasteiger partial charge in [-0.1, -0.05) is 54.6 Å². The Morgan fingerprint density at radius 2 is 1.87 bits per heavy atom. The van der Waals surface area contributed by atoms with Crippen LogP contribution in [0, 0.1) is 5.92 Å². The van der Waals surface area contributed by atoms with Gasteiger partial charge in [-0.2, -0.15) is 0 Å². The maximum atomic E-state index is 10.9. The lowest BCUT2D eigenvalue weighted by Gasteiger charge is -2.37. The van der Waals surface area contributed by atoms with Crippen molar-refractivity contribution in [3.63, 3.8) is 0 Å². The summed E-state index contributed by atoms with van der Waals surface area (Å²) >= 11 is 0. The zero-order chi connectivity index (χ0) is 21.9. The third-order valence-electron chi connectivity index (χ3n) is 6.13. The Morgan fingerprint density at radius 1 is 1.13 bits per heavy atom. The maximum Gasteiger partial charge on any atom is 0.303 e. The van der Waals surface area contributed by atoms with E-state index in [2.05, 4.69) is 29.2 Å². The van der Waals surface area contributed by atoms with Gasteiger partial charge < -0.3 is 19.7 Å². The van der Waals surface area contributed by atoms with Gasteiger partial charge >= 0.3 is 5.97 Å². The van der Waals surface area contributed by atoms with Crippen LogP contribution in [0.5, 0.6) is 0 Å². The molecule has 1 aromatic rings. The molecule has 2 N–H and O–H groups in total. The molecule has 0 aromatic heterocycles. The molecule has 1 aromatic carbocycles. The summed E-state index contributed by atoms with van der Waals surface area (Å²) in [5.74, 6) is -0.532. The Hall–Kier alpha value is -1.99. The summed E-state index contributed by atoms with van der Waals surface area (Å²) in [6, 6.07) is 10.2. The molecule has 0 spiro atoms. The average molecular weight is 430 g/mol. The van der Waals surface area contributed by atoms with E-state index in [1.807, 2.05) is 30.4 Å². The van der Waals surface area contributed by atoms with Gasteiger partial charge in [-0.3, -0.25) is 9.69 Å². The van der Waals surface area contributed by atoms with E-state index in [0.29, 0.717) is 32.7 Å². The van der Waals surface area contributed by atoms with E-state index in [-0.39, 0.29) is 24.5 Å². The molecule has 0 radical (unpaired) electrons. The number of nitrogens with zero attached hydrogens (tertiary/aromatic N) is 1. The topological polar surface area (TPSA) is 79.2 Å². The summed E-state index contributed by atoms with van der Waals surface area (Å²) in [6.45, 7) is 3.61. The smallest absolute Gasteiger partial charge is 0.303 e. The molecule has 4 atom stereocenters. The Kier molecular flexibility index (Phi) is 9.75. The van der Waals surface area contributed by atoms with Crippen molar-refractivity contribution in [1.29, 1.82) is 0 Å². The van der Waals surface area contributed by atoms with E-state index in [1.54, 1.807) is 0 Å². The number of allylic oxidation sites excluding steroid dienone is 2. The first kappa shape index (κ1) is 23.7. The van der Waals surface area contributed by atoms with Gasteiger partial charge in [-0.05, 0) is 24.8 Å². The van der Waals surface area contributed by atoms with Crippen molar-refractivity contribution in [3.05, 3.63) is 54.1 Å². The molecule has 0 bridgehead atoms. The van der Waals surface area contributed by atoms with E-state index in [1.165, 1.54) is 0 Å². The lowest BCUT2D eigenvalue weighted by atomic mass is 9.93. The van der Waals surface area contributed by atoms with E-state index in [9.17, 15) is 9.90 Å². The highest BCUT2D eigenvalue weighted by molar-refractivity contribution is 5.66. The van der Waals surface area contributed by atoms with Gasteiger partial charge in [0.05, 0.1) is 32.0 Å². The van der Waals surface area contributed by atoms with Crippen LogP contribution in [-0.2, 0) is 14.3 Å². The molecule has 2 aliphatic rings. The van der Waals surface area contributed by atoms with Crippen LogP contribution in [0.15, 0.2) is 48.6 Å². The third kappa shape index (κ3) is 7.58. The Morgan fingerprint density at radius 3 is 2.61 bits per heavy atom. The second-order valence-electron chi connectivity index (χ2n) is 8.27. The minimum atomic E-state index is -0.770. The summed E-state index contributed by atoms with van der Waals surface area (Å²) in [6.07, 6.45) is 10.9. The molecule has 170 valence electrons. The second-order valence-corrected chi connectivity index (χ2v) is 8.27. The monoisotopic (exact) mass is 429 g/mol. The van der Waals surface area contributed by atoms with Crippen molar-refractivity contribution < 1.29 is 24.5 Å². The van der Waals surface area contributed by atoms with Crippen LogP contribution in [-0.4, -0.2) is 72.2 Å². The standard InChI is InChI=1S/C25H35NO5/c27-22-19-23(31-16-8-11-20-9-4-3-5-10-20)21(12-6-1-2-7-13-24(28)29)25(22)26-14-17-30-18-15-26/h1-5,8-11,21-23,25,27H,6-7,12-19H2,(H,28,29)/t21-,22+,23-,25+/m0/s1. The summed E-state index contributed by atoms with van der Waals surface area (Å²) in [4.78, 5) is 13.0. The third-order valence-corrected chi connectivity index (χ3v) is 6.13. The van der Waals surface area contributed by atoms with Gasteiger partial charge in [0.1, 0.15) is 0 Å². The minimum absolute atomic E-state index is 0.00990. The molecule has 0 unspecified atom stereocenters. The molecule has 1 saturated carbocycles. The van der Waals surface area contributed by atoms with Crippen molar-refractivity contribution in [3.8, 4) is 0 Å². The van der Waals surface area contributed by atoms with Crippen LogP contribution < -0.4 is 0 Å². The van der Waals surface area contributed by atoms with Crippen molar-refractivity contribution in [2.45, 2.75) is 50.4 Å². The maximum absolute atomic E-state index is 10.9. The van der Waals surface area contributed by atoms with Crippen LogP contribution in [0.1, 0.15) is 37.7 Å². The van der Waals surface area contributed by atoms with Crippen LogP contribution in [0.3, 0.4) is 0 Å². The fourth-order valence-electron chi connectivity index (χ4n) is 4.65. The molecule has 3 rings (SSSR count). The number of aliphatic hydroxyl groups is 1. The molecule has 6 heteroatoms. The number of carbonyl (C=O) groups is 1. The largest absolute Gasteiger partial charge is 0.481 e. The average Bonchev–Trinajstić information content (AvgIpc) is 3.09. The molecule has 2 fully saturated rings. The number of benzene rings is 1. The minimum Gasteiger partial charge on any atom is -0.481 e. The number of aliphatic carboxylic acids is 1. The van der Waals surface area contributed by atoms with Gasteiger partial charge in [0.25, 0.3) is 0 Å². The summed E-state index contributed by atoms with van der Waals surface area (Å²) < 4.78 is 11.7. The van der Waals surface area contributed by atoms with Gasteiger partial charge in [0, 0.05) is 37.9 Å². The zero-order valence-corrected chi connectivity index (χ0v) is 18.1. The Balaban J connectivity index is 1.57. The van der Waals surface area contributed by atoms with E-state index >= 15 is 0 Å². The quantitative estimate of drug-likeness (QED) is 0.525. The number of morpholine rings is 1. The highest BCUT2D eigenvalue weighted by atomic mass is 16.5.